The number of hydrogen-bond acceptors (Lipinski definition) is 3. The van der Waals surface area contributed by atoms with Crippen LogP contribution in [0.3, 0.4) is 0 Å². The zero-order valence-electron chi connectivity index (χ0n) is 15.5. The third kappa shape index (κ3) is 3.73. The normalized spacial score (nSPS) is 15.2. The summed E-state index contributed by atoms with van der Waals surface area (Å²) < 4.78 is 7.72. The Hall–Kier alpha value is -2.23. The fraction of sp³-hybridized carbons (Fsp3) is 0.476. The molecule has 1 aliphatic rings. The molecule has 0 bridgehead atoms. The lowest BCUT2D eigenvalue weighted by molar-refractivity contribution is 0.100. The number of carbonyl (C=O) groups is 1. The first-order valence-electron chi connectivity index (χ1n) is 9.20. The van der Waals surface area contributed by atoms with Gasteiger partial charge in [0.15, 0.2) is 5.78 Å². The number of para-hydroxylation sites is 2. The molecule has 1 aliphatic carbocycles. The van der Waals surface area contributed by atoms with Gasteiger partial charge in [0.25, 0.3) is 0 Å². The topological polar surface area (TPSA) is 43.3 Å². The van der Waals surface area contributed by atoms with E-state index in [2.05, 4.69) is 29.8 Å². The number of hydrogen-bond donors (Lipinski definition) is 1. The van der Waals surface area contributed by atoms with E-state index in [1.165, 1.54) is 37.8 Å². The summed E-state index contributed by atoms with van der Waals surface area (Å²) in [6, 6.07) is 10.3. The smallest absolute Gasteiger partial charge is 0.183 e. The zero-order chi connectivity index (χ0) is 17.8. The number of ether oxygens (including phenoxy) is 1. The molecule has 1 fully saturated rings. The summed E-state index contributed by atoms with van der Waals surface area (Å²) >= 11 is 0. The largest absolute Gasteiger partial charge is 0.495 e. The van der Waals surface area contributed by atoms with E-state index in [1.807, 2.05) is 24.3 Å². The predicted molar refractivity (Wildman–Crippen MR) is 102 cm³/mol. The van der Waals surface area contributed by atoms with Gasteiger partial charge in [0.05, 0.1) is 19.3 Å². The van der Waals surface area contributed by atoms with Crippen LogP contribution >= 0.6 is 0 Å². The molecule has 0 aliphatic heterocycles. The van der Waals surface area contributed by atoms with Crippen LogP contribution in [0.1, 0.15) is 59.9 Å². The van der Waals surface area contributed by atoms with Gasteiger partial charge >= 0.3 is 0 Å². The van der Waals surface area contributed by atoms with E-state index in [4.69, 9.17) is 4.74 Å². The van der Waals surface area contributed by atoms with E-state index in [-0.39, 0.29) is 12.3 Å². The molecule has 3 rings (SSSR count). The van der Waals surface area contributed by atoms with Gasteiger partial charge in [-0.05, 0) is 44.9 Å². The van der Waals surface area contributed by atoms with Crippen molar-refractivity contribution in [3.8, 4) is 5.75 Å². The lowest BCUT2D eigenvalue weighted by Crippen LogP contribution is -2.18. The second-order valence-electron chi connectivity index (χ2n) is 6.92. The highest BCUT2D eigenvalue weighted by Crippen LogP contribution is 2.32. The van der Waals surface area contributed by atoms with Gasteiger partial charge in [-0.2, -0.15) is 0 Å². The SMILES string of the molecule is COc1ccccc1NCC(=O)c1cc(C)n(C2CCCCC2)c1C. The molecule has 0 spiro atoms. The molecule has 0 unspecified atom stereocenters. The van der Waals surface area contributed by atoms with Crippen molar-refractivity contribution in [2.75, 3.05) is 19.0 Å². The number of ketones is 1. The molecule has 0 amide bonds. The minimum Gasteiger partial charge on any atom is -0.495 e. The van der Waals surface area contributed by atoms with Gasteiger partial charge in [-0.15, -0.1) is 0 Å². The summed E-state index contributed by atoms with van der Waals surface area (Å²) in [7, 11) is 1.64. The lowest BCUT2D eigenvalue weighted by atomic mass is 9.95. The van der Waals surface area contributed by atoms with Gasteiger partial charge in [-0.3, -0.25) is 4.79 Å². The standard InChI is InChI=1S/C21H28N2O2/c1-15-13-18(16(2)23(15)17-9-5-4-6-10-17)20(24)14-22-19-11-7-8-12-21(19)25-3/h7-8,11-13,17,22H,4-6,9-10,14H2,1-3H3. The first kappa shape index (κ1) is 17.6. The van der Waals surface area contributed by atoms with Crippen LogP contribution in [0.25, 0.3) is 0 Å². The fourth-order valence-corrected chi connectivity index (χ4v) is 4.02. The molecule has 0 atom stereocenters. The highest BCUT2D eigenvalue weighted by Gasteiger charge is 2.22. The van der Waals surface area contributed by atoms with Crippen molar-refractivity contribution >= 4 is 11.5 Å². The molecular formula is C21H28N2O2. The third-order valence-corrected chi connectivity index (χ3v) is 5.27. The molecule has 4 nitrogen and oxygen atoms in total. The van der Waals surface area contributed by atoms with E-state index in [0.717, 1.165) is 22.7 Å². The minimum absolute atomic E-state index is 0.126. The van der Waals surface area contributed by atoms with E-state index in [9.17, 15) is 4.79 Å². The summed E-state index contributed by atoms with van der Waals surface area (Å²) in [6.07, 6.45) is 6.37. The first-order chi connectivity index (χ1) is 12.1. The van der Waals surface area contributed by atoms with Crippen LogP contribution < -0.4 is 10.1 Å². The number of methoxy groups -OCH3 is 1. The number of aromatic nitrogens is 1. The Bertz CT molecular complexity index is 742. The van der Waals surface area contributed by atoms with E-state index in [1.54, 1.807) is 7.11 Å². The number of benzene rings is 1. The lowest BCUT2D eigenvalue weighted by Gasteiger charge is -2.26. The molecule has 1 aromatic carbocycles. The number of anilines is 1. The third-order valence-electron chi connectivity index (χ3n) is 5.27. The van der Waals surface area contributed by atoms with Crippen LogP contribution in [0.15, 0.2) is 30.3 Å². The van der Waals surface area contributed by atoms with Crippen molar-refractivity contribution in [1.82, 2.24) is 4.57 Å². The van der Waals surface area contributed by atoms with Crippen LogP contribution in [0.2, 0.25) is 0 Å². The Kier molecular flexibility index (Phi) is 5.47. The fourth-order valence-electron chi connectivity index (χ4n) is 4.02. The van der Waals surface area contributed by atoms with Crippen molar-refractivity contribution in [1.29, 1.82) is 0 Å². The van der Waals surface area contributed by atoms with Gasteiger partial charge < -0.3 is 14.6 Å². The number of Topliss-reactive ketones (excluding diaryl/α,β-unsaturated/α-hetero) is 1. The quantitative estimate of drug-likeness (QED) is 0.760. The van der Waals surface area contributed by atoms with Gasteiger partial charge in [0.1, 0.15) is 5.75 Å². The number of rotatable bonds is 6. The monoisotopic (exact) mass is 340 g/mol. The van der Waals surface area contributed by atoms with Crippen molar-refractivity contribution in [3.63, 3.8) is 0 Å². The van der Waals surface area contributed by atoms with Gasteiger partial charge in [0.2, 0.25) is 0 Å². The molecule has 134 valence electrons. The van der Waals surface area contributed by atoms with Crippen LogP contribution in [0.4, 0.5) is 5.69 Å². The maximum Gasteiger partial charge on any atom is 0.183 e. The summed E-state index contributed by atoms with van der Waals surface area (Å²) in [5.41, 5.74) is 3.99. The molecule has 1 heterocycles. The Balaban J connectivity index is 1.74. The van der Waals surface area contributed by atoms with Crippen molar-refractivity contribution < 1.29 is 9.53 Å². The van der Waals surface area contributed by atoms with Gasteiger partial charge in [0, 0.05) is 23.0 Å². The second kappa shape index (κ2) is 7.77. The Morgan fingerprint density at radius 3 is 2.64 bits per heavy atom. The molecule has 4 heteroatoms. The molecule has 2 aromatic rings. The minimum atomic E-state index is 0.126. The highest BCUT2D eigenvalue weighted by atomic mass is 16.5. The maximum atomic E-state index is 12.8. The average Bonchev–Trinajstić information content (AvgIpc) is 2.95. The molecule has 1 N–H and O–H groups in total. The van der Waals surface area contributed by atoms with Crippen LogP contribution in [0, 0.1) is 13.8 Å². The van der Waals surface area contributed by atoms with Crippen LogP contribution in [0.5, 0.6) is 5.75 Å². The molecule has 1 aromatic heterocycles. The Morgan fingerprint density at radius 1 is 1.20 bits per heavy atom. The number of aryl methyl sites for hydroxylation is 1. The first-order valence-corrected chi connectivity index (χ1v) is 9.20. The predicted octanol–water partition coefficient (Wildman–Crippen LogP) is 4.91. The Morgan fingerprint density at radius 2 is 1.92 bits per heavy atom. The van der Waals surface area contributed by atoms with Crippen LogP contribution in [-0.2, 0) is 0 Å². The summed E-state index contributed by atoms with van der Waals surface area (Å²) in [5.74, 6) is 0.879. The van der Waals surface area contributed by atoms with Crippen molar-refractivity contribution in [2.24, 2.45) is 0 Å². The van der Waals surface area contributed by atoms with Gasteiger partial charge in [-0.25, -0.2) is 0 Å². The highest BCUT2D eigenvalue weighted by molar-refractivity contribution is 6.00. The van der Waals surface area contributed by atoms with Crippen molar-refractivity contribution in [3.05, 3.63) is 47.3 Å². The number of nitrogens with one attached hydrogen (secondary N) is 1. The zero-order valence-corrected chi connectivity index (χ0v) is 15.5. The second-order valence-corrected chi connectivity index (χ2v) is 6.92. The van der Waals surface area contributed by atoms with Crippen molar-refractivity contribution in [2.45, 2.75) is 52.0 Å². The summed E-state index contributed by atoms with van der Waals surface area (Å²) in [4.78, 5) is 12.8. The molecule has 1 saturated carbocycles. The molecule has 25 heavy (non-hydrogen) atoms. The van der Waals surface area contributed by atoms with Crippen LogP contribution in [-0.4, -0.2) is 24.0 Å². The maximum absolute atomic E-state index is 12.8. The van der Waals surface area contributed by atoms with E-state index < -0.39 is 0 Å². The summed E-state index contributed by atoms with van der Waals surface area (Å²) in [6.45, 7) is 4.47. The van der Waals surface area contributed by atoms with Gasteiger partial charge in [-0.1, -0.05) is 31.4 Å². The molecule has 0 saturated heterocycles. The number of carbonyl (C=O) groups excluding carboxylic acids is 1. The molecule has 0 radical (unpaired) electrons. The number of nitrogens with zero attached hydrogens (tertiary/aromatic N) is 1. The molecular weight excluding hydrogens is 312 g/mol. The van der Waals surface area contributed by atoms with E-state index >= 15 is 0 Å². The summed E-state index contributed by atoms with van der Waals surface area (Å²) in [5, 5.41) is 3.21. The average molecular weight is 340 g/mol. The Labute approximate surface area is 150 Å². The van der Waals surface area contributed by atoms with E-state index in [0.29, 0.717) is 6.04 Å².